The third kappa shape index (κ3) is 2.41. The van der Waals surface area contributed by atoms with Crippen LogP contribution in [0.15, 0.2) is 41.2 Å². The molecule has 4 heteroatoms. The normalized spacial score (nSPS) is 10.5. The summed E-state index contributed by atoms with van der Waals surface area (Å²) in [6.07, 6.45) is 0. The predicted molar refractivity (Wildman–Crippen MR) is 72.3 cm³/mol. The number of pyridine rings is 1. The monoisotopic (exact) mass is 256 g/mol. The second-order valence-corrected chi connectivity index (χ2v) is 4.53. The lowest BCUT2D eigenvalue weighted by atomic mass is 10.1. The molecule has 0 aliphatic rings. The van der Waals surface area contributed by atoms with E-state index in [1.807, 2.05) is 13.8 Å². The summed E-state index contributed by atoms with van der Waals surface area (Å²) in [5, 5.41) is 0. The minimum atomic E-state index is -0.368. The van der Waals surface area contributed by atoms with Crippen LogP contribution < -0.4 is 5.56 Å². The summed E-state index contributed by atoms with van der Waals surface area (Å²) in [7, 11) is 0. The van der Waals surface area contributed by atoms with Crippen LogP contribution in [0.5, 0.6) is 0 Å². The molecule has 96 valence electrons. The maximum Gasteiger partial charge on any atom is 0.261 e. The van der Waals surface area contributed by atoms with Crippen molar-refractivity contribution in [2.24, 2.45) is 0 Å². The number of halogens is 1. The zero-order valence-corrected chi connectivity index (χ0v) is 10.7. The van der Waals surface area contributed by atoms with Crippen LogP contribution >= 0.6 is 0 Å². The number of rotatable bonds is 2. The first-order valence-electron chi connectivity index (χ1n) is 5.94. The summed E-state index contributed by atoms with van der Waals surface area (Å²) in [6.45, 7) is 10.9. The Morgan fingerprint density at radius 2 is 1.79 bits per heavy atom. The van der Waals surface area contributed by atoms with Crippen LogP contribution in [-0.2, 0) is 0 Å². The number of hydrogen-bond acceptors (Lipinski definition) is 1. The molecule has 0 aliphatic heterocycles. The third-order valence-electron chi connectivity index (χ3n) is 2.89. The van der Waals surface area contributed by atoms with Crippen molar-refractivity contribution in [3.05, 3.63) is 69.7 Å². The number of aromatic nitrogens is 1. The predicted octanol–water partition coefficient (Wildman–Crippen LogP) is 3.65. The van der Waals surface area contributed by atoms with Gasteiger partial charge in [0.25, 0.3) is 11.2 Å². The Hall–Kier alpha value is -2.41. The maximum absolute atomic E-state index is 13.0. The van der Waals surface area contributed by atoms with Gasteiger partial charge < -0.3 is 0 Å². The van der Waals surface area contributed by atoms with Crippen LogP contribution in [-0.4, -0.2) is 4.57 Å². The Bertz CT molecular complexity index is 694. The van der Waals surface area contributed by atoms with E-state index in [0.29, 0.717) is 5.69 Å². The third-order valence-corrected chi connectivity index (χ3v) is 2.89. The van der Waals surface area contributed by atoms with Gasteiger partial charge in [-0.25, -0.2) is 9.24 Å². The fraction of sp³-hybridized carbons (Fsp3) is 0.200. The van der Waals surface area contributed by atoms with Gasteiger partial charge >= 0.3 is 0 Å². The van der Waals surface area contributed by atoms with E-state index in [0.717, 1.165) is 5.69 Å². The second-order valence-electron chi connectivity index (χ2n) is 4.53. The van der Waals surface area contributed by atoms with Crippen molar-refractivity contribution < 1.29 is 4.39 Å². The minimum Gasteiger partial charge on any atom is -0.290 e. The Morgan fingerprint density at radius 1 is 1.16 bits per heavy atom. The molecule has 0 unspecified atom stereocenters. The van der Waals surface area contributed by atoms with E-state index < -0.39 is 0 Å². The minimum absolute atomic E-state index is 0.0636. The molecule has 19 heavy (non-hydrogen) atoms. The molecule has 0 amide bonds. The van der Waals surface area contributed by atoms with Gasteiger partial charge in [-0.2, -0.15) is 0 Å². The molecule has 0 radical (unpaired) electrons. The summed E-state index contributed by atoms with van der Waals surface area (Å²) in [5.41, 5.74) is 1.06. The molecular formula is C15H13FN2O. The molecule has 1 aromatic carbocycles. The van der Waals surface area contributed by atoms with Crippen molar-refractivity contribution in [3.63, 3.8) is 0 Å². The summed E-state index contributed by atoms with van der Waals surface area (Å²) in [5.74, 6) is -0.234. The lowest BCUT2D eigenvalue weighted by Gasteiger charge is -2.16. The van der Waals surface area contributed by atoms with E-state index >= 15 is 0 Å². The topological polar surface area (TPSA) is 26.4 Å². The molecule has 2 rings (SSSR count). The number of hydrogen-bond donors (Lipinski definition) is 0. The molecule has 1 heterocycles. The number of benzene rings is 1. The smallest absolute Gasteiger partial charge is 0.261 e. The lowest BCUT2D eigenvalue weighted by Crippen LogP contribution is -2.21. The average molecular weight is 256 g/mol. The van der Waals surface area contributed by atoms with Crippen LogP contribution in [0.25, 0.3) is 10.5 Å². The number of nitrogens with zero attached hydrogens (tertiary/aromatic N) is 2. The molecule has 0 saturated carbocycles. The zero-order valence-electron chi connectivity index (χ0n) is 10.7. The van der Waals surface area contributed by atoms with Crippen molar-refractivity contribution in [2.75, 3.05) is 0 Å². The fourth-order valence-electron chi connectivity index (χ4n) is 1.93. The van der Waals surface area contributed by atoms with Gasteiger partial charge in [-0.3, -0.25) is 9.36 Å². The van der Waals surface area contributed by atoms with Crippen molar-refractivity contribution in [1.29, 1.82) is 0 Å². The van der Waals surface area contributed by atoms with Gasteiger partial charge in [-0.15, -0.1) is 0 Å². The van der Waals surface area contributed by atoms with Gasteiger partial charge in [-0.1, -0.05) is 19.9 Å². The van der Waals surface area contributed by atoms with Crippen molar-refractivity contribution in [3.8, 4) is 5.69 Å². The molecule has 0 fully saturated rings. The quantitative estimate of drug-likeness (QED) is 0.753. The van der Waals surface area contributed by atoms with E-state index in [-0.39, 0.29) is 23.0 Å². The van der Waals surface area contributed by atoms with Gasteiger partial charge in [0.05, 0.1) is 6.57 Å². The molecule has 0 atom stereocenters. The van der Waals surface area contributed by atoms with Gasteiger partial charge in [0.15, 0.2) is 0 Å². The van der Waals surface area contributed by atoms with Crippen molar-refractivity contribution >= 4 is 5.69 Å². The summed E-state index contributed by atoms with van der Waals surface area (Å²) < 4.78 is 14.4. The van der Waals surface area contributed by atoms with Gasteiger partial charge in [0.1, 0.15) is 5.82 Å². The lowest BCUT2D eigenvalue weighted by molar-refractivity contribution is 0.627. The van der Waals surface area contributed by atoms with Crippen LogP contribution in [0.1, 0.15) is 25.5 Å². The molecule has 0 aliphatic carbocycles. The van der Waals surface area contributed by atoms with Crippen molar-refractivity contribution in [2.45, 2.75) is 19.8 Å². The van der Waals surface area contributed by atoms with E-state index in [4.69, 9.17) is 6.57 Å². The largest absolute Gasteiger partial charge is 0.290 e. The molecule has 0 saturated heterocycles. The van der Waals surface area contributed by atoms with Gasteiger partial charge in [0, 0.05) is 11.4 Å². The molecule has 3 nitrogen and oxygen atoms in total. The first kappa shape index (κ1) is 13.0. The molecular weight excluding hydrogens is 243 g/mol. The highest BCUT2D eigenvalue weighted by Crippen LogP contribution is 2.20. The maximum atomic E-state index is 13.0. The van der Waals surface area contributed by atoms with Gasteiger partial charge in [0.2, 0.25) is 0 Å². The second kappa shape index (κ2) is 5.07. The first-order chi connectivity index (χ1) is 9.04. The highest BCUT2D eigenvalue weighted by atomic mass is 19.1. The van der Waals surface area contributed by atoms with E-state index in [1.54, 1.807) is 6.07 Å². The Kier molecular flexibility index (Phi) is 3.48. The summed E-state index contributed by atoms with van der Waals surface area (Å²) in [6, 6.07) is 8.98. The fourth-order valence-corrected chi connectivity index (χ4v) is 1.93. The molecule has 1 aromatic heterocycles. The van der Waals surface area contributed by atoms with Gasteiger partial charge in [-0.05, 0) is 36.2 Å². The average Bonchev–Trinajstić information content (AvgIpc) is 2.39. The molecule has 0 bridgehead atoms. The Morgan fingerprint density at radius 3 is 2.32 bits per heavy atom. The molecule has 2 aromatic rings. The van der Waals surface area contributed by atoms with Crippen LogP contribution in [0.4, 0.5) is 10.1 Å². The van der Waals surface area contributed by atoms with E-state index in [2.05, 4.69) is 4.85 Å². The van der Waals surface area contributed by atoms with Crippen LogP contribution in [0, 0.1) is 12.4 Å². The molecule has 0 N–H and O–H groups in total. The standard InChI is InChI=1S/C15H13FN2O/c1-10(2)14-9-8-13(17-3)15(19)18(14)12-6-4-11(16)5-7-12/h4-10H,1-2H3. The highest BCUT2D eigenvalue weighted by Gasteiger charge is 2.12. The van der Waals surface area contributed by atoms with Crippen LogP contribution in [0.2, 0.25) is 0 Å². The summed E-state index contributed by atoms with van der Waals surface area (Å²) in [4.78, 5) is 15.5. The van der Waals surface area contributed by atoms with Crippen LogP contribution in [0.3, 0.4) is 0 Å². The Labute approximate surface area is 110 Å². The summed E-state index contributed by atoms with van der Waals surface area (Å²) >= 11 is 0. The highest BCUT2D eigenvalue weighted by molar-refractivity contribution is 5.47. The Balaban J connectivity index is 2.76. The SMILES string of the molecule is [C-]#[N+]c1ccc(C(C)C)n(-c2ccc(F)cc2)c1=O. The van der Waals surface area contributed by atoms with Crippen molar-refractivity contribution in [1.82, 2.24) is 4.57 Å². The van der Waals surface area contributed by atoms with E-state index in [9.17, 15) is 9.18 Å². The zero-order chi connectivity index (χ0) is 14.0. The first-order valence-corrected chi connectivity index (χ1v) is 5.94. The molecule has 0 spiro atoms. The van der Waals surface area contributed by atoms with E-state index in [1.165, 1.54) is 34.9 Å².